The summed E-state index contributed by atoms with van der Waals surface area (Å²) in [5.41, 5.74) is 3.84. The first-order valence-corrected chi connectivity index (χ1v) is 5.87. The number of benzene rings is 1. The fourth-order valence-electron chi connectivity index (χ4n) is 2.22. The first kappa shape index (κ1) is 12.6. The zero-order chi connectivity index (χ0) is 13.3. The number of aliphatic carboxylic acids is 1. The monoisotopic (exact) mass is 248 g/mol. The molecule has 0 radical (unpaired) electrons. The molecule has 0 saturated heterocycles. The van der Waals surface area contributed by atoms with Crippen molar-refractivity contribution < 1.29 is 14.7 Å². The third-order valence-corrected chi connectivity index (χ3v) is 3.16. The van der Waals surface area contributed by atoms with E-state index in [1.807, 2.05) is 26.0 Å². The van der Waals surface area contributed by atoms with Crippen molar-refractivity contribution in [1.82, 2.24) is 5.32 Å². The molecule has 1 aromatic carbocycles. The SMILES string of the molecule is Cc1ccc(C)c2c1NC(=O)C2NCCC(=O)O. The summed E-state index contributed by atoms with van der Waals surface area (Å²) < 4.78 is 0. The zero-order valence-electron chi connectivity index (χ0n) is 10.4. The van der Waals surface area contributed by atoms with Gasteiger partial charge >= 0.3 is 5.97 Å². The van der Waals surface area contributed by atoms with Crippen molar-refractivity contribution in [3.63, 3.8) is 0 Å². The van der Waals surface area contributed by atoms with E-state index in [0.29, 0.717) is 0 Å². The highest BCUT2D eigenvalue weighted by atomic mass is 16.4. The number of carbonyl (C=O) groups excluding carboxylic acids is 1. The molecular weight excluding hydrogens is 232 g/mol. The second-order valence-corrected chi connectivity index (χ2v) is 4.51. The molecule has 0 spiro atoms. The molecule has 3 N–H and O–H groups in total. The van der Waals surface area contributed by atoms with E-state index in [2.05, 4.69) is 10.6 Å². The minimum absolute atomic E-state index is 0.00395. The molecule has 1 amide bonds. The van der Waals surface area contributed by atoms with Crippen LogP contribution in [0.4, 0.5) is 5.69 Å². The number of hydrogen-bond acceptors (Lipinski definition) is 3. The first-order valence-electron chi connectivity index (χ1n) is 5.87. The molecule has 0 saturated carbocycles. The van der Waals surface area contributed by atoms with E-state index in [0.717, 1.165) is 22.4 Å². The lowest BCUT2D eigenvalue weighted by Crippen LogP contribution is -2.29. The lowest BCUT2D eigenvalue weighted by atomic mass is 9.99. The van der Waals surface area contributed by atoms with Gasteiger partial charge in [0.15, 0.2) is 0 Å². The summed E-state index contributed by atoms with van der Waals surface area (Å²) in [4.78, 5) is 22.4. The molecule has 0 aromatic heterocycles. The zero-order valence-corrected chi connectivity index (χ0v) is 10.4. The molecule has 96 valence electrons. The number of carboxylic acids is 1. The van der Waals surface area contributed by atoms with E-state index >= 15 is 0 Å². The van der Waals surface area contributed by atoms with Crippen molar-refractivity contribution in [2.24, 2.45) is 0 Å². The normalized spacial score (nSPS) is 17.4. The summed E-state index contributed by atoms with van der Waals surface area (Å²) in [5.74, 6) is -0.991. The molecule has 18 heavy (non-hydrogen) atoms. The van der Waals surface area contributed by atoms with Gasteiger partial charge in [-0.25, -0.2) is 0 Å². The largest absolute Gasteiger partial charge is 0.481 e. The van der Waals surface area contributed by atoms with Crippen molar-refractivity contribution in [3.05, 3.63) is 28.8 Å². The molecule has 5 nitrogen and oxygen atoms in total. The minimum Gasteiger partial charge on any atom is -0.481 e. The van der Waals surface area contributed by atoms with E-state index in [1.54, 1.807) is 0 Å². The van der Waals surface area contributed by atoms with Crippen molar-refractivity contribution in [1.29, 1.82) is 0 Å². The van der Waals surface area contributed by atoms with Gasteiger partial charge in [0.1, 0.15) is 6.04 Å². The molecule has 1 aliphatic rings. The Morgan fingerprint density at radius 3 is 2.72 bits per heavy atom. The maximum atomic E-state index is 11.9. The Kier molecular flexibility index (Phi) is 3.34. The molecule has 1 heterocycles. The smallest absolute Gasteiger partial charge is 0.304 e. The number of hydrogen-bond donors (Lipinski definition) is 3. The van der Waals surface area contributed by atoms with E-state index < -0.39 is 12.0 Å². The third-order valence-electron chi connectivity index (χ3n) is 3.16. The molecule has 1 unspecified atom stereocenters. The van der Waals surface area contributed by atoms with Crippen molar-refractivity contribution in [2.75, 3.05) is 11.9 Å². The maximum absolute atomic E-state index is 11.9. The van der Waals surface area contributed by atoms with Crippen LogP contribution < -0.4 is 10.6 Å². The van der Waals surface area contributed by atoms with Crippen LogP contribution in [-0.2, 0) is 9.59 Å². The minimum atomic E-state index is -0.873. The van der Waals surface area contributed by atoms with Crippen molar-refractivity contribution in [3.8, 4) is 0 Å². The van der Waals surface area contributed by atoms with E-state index in [4.69, 9.17) is 5.11 Å². The Hall–Kier alpha value is -1.88. The summed E-state index contributed by atoms with van der Waals surface area (Å²) in [6.45, 7) is 4.17. The molecule has 1 aliphatic heterocycles. The van der Waals surface area contributed by atoms with E-state index in [9.17, 15) is 9.59 Å². The van der Waals surface area contributed by atoms with Crippen LogP contribution in [-0.4, -0.2) is 23.5 Å². The van der Waals surface area contributed by atoms with Gasteiger partial charge in [0, 0.05) is 17.8 Å². The predicted molar refractivity (Wildman–Crippen MR) is 67.5 cm³/mol. The number of carboxylic acid groups (broad SMARTS) is 1. The van der Waals surface area contributed by atoms with Gasteiger partial charge in [-0.1, -0.05) is 12.1 Å². The lowest BCUT2D eigenvalue weighted by Gasteiger charge is -2.13. The number of carbonyl (C=O) groups is 2. The van der Waals surface area contributed by atoms with Gasteiger partial charge < -0.3 is 15.7 Å². The molecule has 1 aromatic rings. The van der Waals surface area contributed by atoms with Crippen LogP contribution in [0.25, 0.3) is 0 Å². The van der Waals surface area contributed by atoms with Crippen LogP contribution in [0.3, 0.4) is 0 Å². The topological polar surface area (TPSA) is 78.4 Å². The van der Waals surface area contributed by atoms with Gasteiger partial charge in [0.25, 0.3) is 0 Å². The summed E-state index contributed by atoms with van der Waals surface area (Å²) in [6.07, 6.45) is 0.00395. The summed E-state index contributed by atoms with van der Waals surface area (Å²) in [7, 11) is 0. The number of nitrogens with one attached hydrogen (secondary N) is 2. The van der Waals surface area contributed by atoms with Gasteiger partial charge in [-0.2, -0.15) is 0 Å². The lowest BCUT2D eigenvalue weighted by molar-refractivity contribution is -0.137. The number of aryl methyl sites for hydroxylation is 2. The van der Waals surface area contributed by atoms with Crippen LogP contribution in [0, 0.1) is 13.8 Å². The summed E-state index contributed by atoms with van der Waals surface area (Å²) in [6, 6.07) is 3.49. The Morgan fingerprint density at radius 1 is 1.39 bits per heavy atom. The van der Waals surface area contributed by atoms with Gasteiger partial charge in [-0.15, -0.1) is 0 Å². The fraction of sp³-hybridized carbons (Fsp3) is 0.385. The Morgan fingerprint density at radius 2 is 2.06 bits per heavy atom. The van der Waals surface area contributed by atoms with Crippen molar-refractivity contribution >= 4 is 17.6 Å². The quantitative estimate of drug-likeness (QED) is 0.751. The molecular formula is C13H16N2O3. The van der Waals surface area contributed by atoms with Crippen molar-refractivity contribution in [2.45, 2.75) is 26.3 Å². The number of anilines is 1. The predicted octanol–water partition coefficient (Wildman–Crippen LogP) is 1.36. The third kappa shape index (κ3) is 2.22. The standard InChI is InChI=1S/C13H16N2O3/c1-7-3-4-8(2)11-10(7)12(13(18)15-11)14-6-5-9(16)17/h3-4,12,14H,5-6H2,1-2H3,(H,15,18)(H,16,17). The average Bonchev–Trinajstić information content (AvgIpc) is 2.63. The summed E-state index contributed by atoms with van der Waals surface area (Å²) >= 11 is 0. The van der Waals surface area contributed by atoms with Crippen LogP contribution >= 0.6 is 0 Å². The highest BCUT2D eigenvalue weighted by Gasteiger charge is 2.32. The van der Waals surface area contributed by atoms with Gasteiger partial charge in [0.2, 0.25) is 5.91 Å². The molecule has 0 fully saturated rings. The second-order valence-electron chi connectivity index (χ2n) is 4.51. The summed E-state index contributed by atoms with van der Waals surface area (Å²) in [5, 5.41) is 14.4. The Balaban J connectivity index is 2.22. The number of fused-ring (bicyclic) bond motifs is 1. The highest BCUT2D eigenvalue weighted by Crippen LogP contribution is 2.35. The molecule has 2 rings (SSSR count). The van der Waals surface area contributed by atoms with Gasteiger partial charge in [-0.05, 0) is 25.0 Å². The van der Waals surface area contributed by atoms with E-state index in [-0.39, 0.29) is 18.9 Å². The molecule has 5 heteroatoms. The Bertz CT molecular complexity index is 511. The van der Waals surface area contributed by atoms with Gasteiger partial charge in [0.05, 0.1) is 6.42 Å². The van der Waals surface area contributed by atoms with Crippen LogP contribution in [0.2, 0.25) is 0 Å². The number of amides is 1. The first-order chi connectivity index (χ1) is 8.50. The van der Waals surface area contributed by atoms with E-state index in [1.165, 1.54) is 0 Å². The fourth-order valence-corrected chi connectivity index (χ4v) is 2.22. The Labute approximate surface area is 105 Å². The van der Waals surface area contributed by atoms with Crippen LogP contribution in [0.15, 0.2) is 12.1 Å². The highest BCUT2D eigenvalue weighted by molar-refractivity contribution is 6.03. The van der Waals surface area contributed by atoms with Crippen LogP contribution in [0.1, 0.15) is 29.2 Å². The molecule has 0 bridgehead atoms. The molecule has 0 aliphatic carbocycles. The second kappa shape index (κ2) is 4.78. The average molecular weight is 248 g/mol. The maximum Gasteiger partial charge on any atom is 0.304 e. The number of rotatable bonds is 4. The van der Waals surface area contributed by atoms with Crippen LogP contribution in [0.5, 0.6) is 0 Å². The molecule has 1 atom stereocenters. The van der Waals surface area contributed by atoms with Gasteiger partial charge in [-0.3, -0.25) is 9.59 Å².